The Morgan fingerprint density at radius 2 is 1.89 bits per heavy atom. The van der Waals surface area contributed by atoms with E-state index < -0.39 is 11.9 Å². The first-order chi connectivity index (χ1) is 8.91. The van der Waals surface area contributed by atoms with E-state index in [4.69, 9.17) is 10.2 Å². The molecule has 6 heteroatoms. The van der Waals surface area contributed by atoms with Gasteiger partial charge in [-0.15, -0.1) is 0 Å². The maximum absolute atomic E-state index is 11.0. The minimum Gasteiger partial charge on any atom is -0.478 e. The molecular formula is C13H12O5S. The van der Waals surface area contributed by atoms with Crippen LogP contribution in [0.2, 0.25) is 0 Å². The molecule has 0 aromatic heterocycles. The average Bonchev–Trinajstić information content (AvgIpc) is 2.33. The highest BCUT2D eigenvalue weighted by molar-refractivity contribution is 8.13. The fourth-order valence-electron chi connectivity index (χ4n) is 1.37. The number of hydrogen-bond donors (Lipinski definition) is 2. The van der Waals surface area contributed by atoms with Crippen molar-refractivity contribution in [2.75, 3.05) is 5.75 Å². The van der Waals surface area contributed by atoms with Crippen LogP contribution in [0.25, 0.3) is 6.08 Å². The van der Waals surface area contributed by atoms with E-state index in [1.165, 1.54) is 31.2 Å². The molecule has 0 saturated heterocycles. The second-order valence-corrected chi connectivity index (χ2v) is 4.81. The van der Waals surface area contributed by atoms with E-state index >= 15 is 0 Å². The van der Waals surface area contributed by atoms with Crippen LogP contribution in [0, 0.1) is 0 Å². The Hall–Kier alpha value is -2.08. The van der Waals surface area contributed by atoms with Crippen molar-refractivity contribution in [3.8, 4) is 0 Å². The molecule has 0 amide bonds. The fraction of sp³-hybridized carbons (Fsp3) is 0.154. The van der Waals surface area contributed by atoms with Crippen molar-refractivity contribution in [3.63, 3.8) is 0 Å². The van der Waals surface area contributed by atoms with E-state index in [-0.39, 0.29) is 16.2 Å². The van der Waals surface area contributed by atoms with Crippen LogP contribution in [-0.2, 0) is 4.79 Å². The van der Waals surface area contributed by atoms with Gasteiger partial charge in [-0.2, -0.15) is 0 Å². The quantitative estimate of drug-likeness (QED) is 0.860. The van der Waals surface area contributed by atoms with Gasteiger partial charge in [0, 0.05) is 12.7 Å². The molecule has 0 unspecified atom stereocenters. The van der Waals surface area contributed by atoms with Crippen LogP contribution < -0.4 is 0 Å². The normalized spacial score (nSPS) is 10.6. The maximum Gasteiger partial charge on any atom is 0.336 e. The Kier molecular flexibility index (Phi) is 5.32. The average molecular weight is 280 g/mol. The van der Waals surface area contributed by atoms with E-state index in [9.17, 15) is 14.4 Å². The molecule has 0 bridgehead atoms. The van der Waals surface area contributed by atoms with Crippen molar-refractivity contribution in [1.29, 1.82) is 0 Å². The Morgan fingerprint density at radius 3 is 2.42 bits per heavy atom. The molecule has 0 heterocycles. The van der Waals surface area contributed by atoms with Crippen molar-refractivity contribution in [1.82, 2.24) is 0 Å². The van der Waals surface area contributed by atoms with Crippen molar-refractivity contribution >= 4 is 34.9 Å². The third-order valence-electron chi connectivity index (χ3n) is 2.21. The predicted octanol–water partition coefficient (Wildman–Crippen LogP) is 2.38. The van der Waals surface area contributed by atoms with Crippen LogP contribution in [-0.4, -0.2) is 33.0 Å². The van der Waals surface area contributed by atoms with Gasteiger partial charge in [0.05, 0.1) is 11.1 Å². The lowest BCUT2D eigenvalue weighted by atomic mass is 10.0. The molecule has 1 rings (SSSR count). The molecule has 5 nitrogen and oxygen atoms in total. The molecule has 0 spiro atoms. The van der Waals surface area contributed by atoms with Crippen LogP contribution in [0.4, 0.5) is 0 Å². The molecule has 0 aliphatic rings. The molecule has 0 aliphatic carbocycles. The fourth-order valence-corrected chi connectivity index (χ4v) is 1.80. The van der Waals surface area contributed by atoms with Crippen LogP contribution in [0.3, 0.4) is 0 Å². The number of rotatable bonds is 5. The molecular weight excluding hydrogens is 268 g/mol. The lowest BCUT2D eigenvalue weighted by molar-refractivity contribution is -0.109. The smallest absolute Gasteiger partial charge is 0.336 e. The monoisotopic (exact) mass is 280 g/mol. The number of carbonyl (C=O) groups is 3. The summed E-state index contributed by atoms with van der Waals surface area (Å²) >= 11 is 1.09. The lowest BCUT2D eigenvalue weighted by Crippen LogP contribution is -2.03. The van der Waals surface area contributed by atoms with Gasteiger partial charge in [-0.25, -0.2) is 9.59 Å². The zero-order chi connectivity index (χ0) is 14.4. The van der Waals surface area contributed by atoms with Gasteiger partial charge in [-0.1, -0.05) is 23.9 Å². The number of thioether (sulfide) groups is 1. The summed E-state index contributed by atoms with van der Waals surface area (Å²) in [6.45, 7) is 1.44. The van der Waals surface area contributed by atoms with E-state index in [1.807, 2.05) is 0 Å². The number of aromatic carboxylic acids is 2. The van der Waals surface area contributed by atoms with Crippen molar-refractivity contribution in [2.24, 2.45) is 0 Å². The van der Waals surface area contributed by atoms with Crippen molar-refractivity contribution < 1.29 is 24.6 Å². The highest BCUT2D eigenvalue weighted by Crippen LogP contribution is 2.15. The van der Waals surface area contributed by atoms with Gasteiger partial charge in [0.25, 0.3) is 0 Å². The van der Waals surface area contributed by atoms with E-state index in [0.29, 0.717) is 11.3 Å². The molecule has 2 N–H and O–H groups in total. The standard InChI is InChI=1S/C13H12O5S/c1-8(14)19-6-2-3-9-7-10(12(15)16)4-5-11(9)13(17)18/h2-5,7H,6H2,1H3,(H,15,16)(H,17,18). The minimum atomic E-state index is -1.13. The molecule has 0 fully saturated rings. The first-order valence-electron chi connectivity index (χ1n) is 5.32. The molecule has 19 heavy (non-hydrogen) atoms. The summed E-state index contributed by atoms with van der Waals surface area (Å²) in [5.74, 6) is -1.84. The van der Waals surface area contributed by atoms with Crippen molar-refractivity contribution in [2.45, 2.75) is 6.92 Å². The molecule has 1 aromatic carbocycles. The number of benzene rings is 1. The first kappa shape index (κ1) is 15.0. The predicted molar refractivity (Wildman–Crippen MR) is 72.5 cm³/mol. The summed E-state index contributed by atoms with van der Waals surface area (Å²) in [4.78, 5) is 32.6. The third-order valence-corrected chi connectivity index (χ3v) is 2.97. The molecule has 100 valence electrons. The van der Waals surface area contributed by atoms with Crippen LogP contribution in [0.5, 0.6) is 0 Å². The van der Waals surface area contributed by atoms with Gasteiger partial charge in [0.15, 0.2) is 5.12 Å². The molecule has 1 aromatic rings. The maximum atomic E-state index is 11.0. The summed E-state index contributed by atoms with van der Waals surface area (Å²) < 4.78 is 0. The van der Waals surface area contributed by atoms with Crippen LogP contribution >= 0.6 is 11.8 Å². The Bertz CT molecular complexity index is 548. The first-order valence-corrected chi connectivity index (χ1v) is 6.31. The topological polar surface area (TPSA) is 91.7 Å². The van der Waals surface area contributed by atoms with Gasteiger partial charge >= 0.3 is 11.9 Å². The molecule has 0 atom stereocenters. The number of hydrogen-bond acceptors (Lipinski definition) is 4. The van der Waals surface area contributed by atoms with Crippen molar-refractivity contribution in [3.05, 3.63) is 41.0 Å². The van der Waals surface area contributed by atoms with Gasteiger partial charge in [-0.05, 0) is 23.8 Å². The Balaban J connectivity index is 3.00. The van der Waals surface area contributed by atoms with E-state index in [1.54, 1.807) is 6.08 Å². The second kappa shape index (κ2) is 6.75. The number of carboxylic acid groups (broad SMARTS) is 2. The summed E-state index contributed by atoms with van der Waals surface area (Å²) in [7, 11) is 0. The van der Waals surface area contributed by atoms with E-state index in [2.05, 4.69) is 0 Å². The molecule has 0 aliphatic heterocycles. The lowest BCUT2D eigenvalue weighted by Gasteiger charge is -2.03. The van der Waals surface area contributed by atoms with Gasteiger partial charge in [-0.3, -0.25) is 4.79 Å². The van der Waals surface area contributed by atoms with Gasteiger partial charge < -0.3 is 10.2 Å². The van der Waals surface area contributed by atoms with Gasteiger partial charge in [0.1, 0.15) is 0 Å². The summed E-state index contributed by atoms with van der Waals surface area (Å²) in [5.41, 5.74) is 0.342. The Morgan fingerprint density at radius 1 is 1.21 bits per heavy atom. The number of carbonyl (C=O) groups excluding carboxylic acids is 1. The summed E-state index contributed by atoms with van der Waals surface area (Å²) in [6, 6.07) is 3.79. The molecule has 0 saturated carbocycles. The zero-order valence-corrected chi connectivity index (χ0v) is 10.9. The van der Waals surface area contributed by atoms with Gasteiger partial charge in [0.2, 0.25) is 0 Å². The zero-order valence-electron chi connectivity index (χ0n) is 10.1. The second-order valence-electron chi connectivity index (χ2n) is 3.62. The SMILES string of the molecule is CC(=O)SCC=Cc1cc(C(=O)O)ccc1C(=O)O. The highest BCUT2D eigenvalue weighted by Gasteiger charge is 2.11. The largest absolute Gasteiger partial charge is 0.478 e. The van der Waals surface area contributed by atoms with Crippen LogP contribution in [0.1, 0.15) is 33.2 Å². The highest BCUT2D eigenvalue weighted by atomic mass is 32.2. The van der Waals surface area contributed by atoms with E-state index in [0.717, 1.165) is 11.8 Å². The van der Waals surface area contributed by atoms with Crippen LogP contribution in [0.15, 0.2) is 24.3 Å². The molecule has 0 radical (unpaired) electrons. The summed E-state index contributed by atoms with van der Waals surface area (Å²) in [6.07, 6.45) is 3.13. The Labute approximate surface area is 113 Å². The third kappa shape index (κ3) is 4.59. The summed E-state index contributed by atoms with van der Waals surface area (Å²) in [5, 5.41) is 17.8. The minimum absolute atomic E-state index is 0.0175. The number of carboxylic acids is 2.